The van der Waals surface area contributed by atoms with Crippen LogP contribution in [0.2, 0.25) is 0 Å². The Labute approximate surface area is 138 Å². The Morgan fingerprint density at radius 2 is 2.04 bits per heavy atom. The van der Waals surface area contributed by atoms with Gasteiger partial charge in [0.05, 0.1) is 6.04 Å². The summed E-state index contributed by atoms with van der Waals surface area (Å²) in [5.41, 5.74) is 1.73. The molecule has 0 radical (unpaired) electrons. The summed E-state index contributed by atoms with van der Waals surface area (Å²) in [6.45, 7) is 3.77. The number of carbonyl (C=O) groups excluding carboxylic acids is 1. The maximum Gasteiger partial charge on any atom is 0.246 e. The molecule has 1 saturated heterocycles. The number of thioether (sulfide) groups is 1. The van der Waals surface area contributed by atoms with Gasteiger partial charge in [-0.1, -0.05) is 30.0 Å². The van der Waals surface area contributed by atoms with Crippen molar-refractivity contribution in [1.29, 1.82) is 0 Å². The average molecular weight is 329 g/mol. The lowest BCUT2D eigenvalue weighted by Gasteiger charge is -2.18. The summed E-state index contributed by atoms with van der Waals surface area (Å²) in [4.78, 5) is 21.0. The Morgan fingerprint density at radius 3 is 2.70 bits per heavy atom. The molecular weight excluding hydrogens is 313 g/mol. The van der Waals surface area contributed by atoms with Crippen LogP contribution in [0.5, 0.6) is 0 Å². The molecule has 1 aliphatic heterocycles. The Hall–Kier alpha value is -2.21. The van der Waals surface area contributed by atoms with E-state index in [0.29, 0.717) is 5.17 Å². The highest BCUT2D eigenvalue weighted by atomic mass is 32.2. The number of benzene rings is 1. The van der Waals surface area contributed by atoms with Crippen LogP contribution in [0.3, 0.4) is 0 Å². The second kappa shape index (κ2) is 6.12. The minimum Gasteiger partial charge on any atom is -0.304 e. The minimum absolute atomic E-state index is 0.111. The molecule has 1 aliphatic rings. The maximum absolute atomic E-state index is 13.0. The number of carbonyl (C=O) groups is 1. The van der Waals surface area contributed by atoms with Crippen molar-refractivity contribution in [2.75, 3.05) is 0 Å². The van der Waals surface area contributed by atoms with Crippen molar-refractivity contribution in [2.24, 2.45) is 4.99 Å². The van der Waals surface area contributed by atoms with Crippen molar-refractivity contribution >= 4 is 22.8 Å². The number of hydrogen-bond acceptors (Lipinski definition) is 4. The van der Waals surface area contributed by atoms with E-state index in [1.165, 1.54) is 23.9 Å². The van der Waals surface area contributed by atoms with Gasteiger partial charge in [-0.15, -0.1) is 0 Å². The van der Waals surface area contributed by atoms with Crippen molar-refractivity contribution < 1.29 is 9.18 Å². The molecule has 2 atom stereocenters. The normalized spacial score (nSPS) is 23.8. The minimum atomic E-state index is -0.740. The molecule has 0 spiro atoms. The first-order valence-electron chi connectivity index (χ1n) is 7.23. The molecule has 4 nitrogen and oxygen atoms in total. The lowest BCUT2D eigenvalue weighted by Crippen LogP contribution is -2.31. The van der Waals surface area contributed by atoms with E-state index in [-0.39, 0.29) is 17.8 Å². The molecule has 1 N–H and O–H groups in total. The monoisotopic (exact) mass is 329 g/mol. The van der Waals surface area contributed by atoms with Crippen molar-refractivity contribution in [2.45, 2.75) is 24.6 Å². The summed E-state index contributed by atoms with van der Waals surface area (Å²) < 4.78 is 12.3. The van der Waals surface area contributed by atoms with Crippen LogP contribution in [0.15, 0.2) is 53.8 Å². The van der Waals surface area contributed by atoms with Gasteiger partial charge in [-0.3, -0.25) is 14.8 Å². The number of nitrogens with zero attached hydrogens (tertiary/aromatic N) is 2. The lowest BCUT2D eigenvalue weighted by molar-refractivity contribution is -0.121. The van der Waals surface area contributed by atoms with Gasteiger partial charge in [-0.05, 0) is 43.2 Å². The third kappa shape index (κ3) is 3.12. The number of aliphatic imine (C=N–C) groups is 1. The quantitative estimate of drug-likeness (QED) is 0.939. The lowest BCUT2D eigenvalue weighted by atomic mass is 10.0. The fourth-order valence-electron chi connectivity index (χ4n) is 2.37. The third-order valence-electron chi connectivity index (χ3n) is 3.83. The van der Waals surface area contributed by atoms with E-state index in [2.05, 4.69) is 15.3 Å². The number of amides is 1. The molecule has 118 valence electrons. The van der Waals surface area contributed by atoms with Crippen LogP contribution in [-0.4, -0.2) is 16.1 Å². The van der Waals surface area contributed by atoms with Crippen LogP contribution >= 0.6 is 11.8 Å². The predicted octanol–water partition coefficient (Wildman–Crippen LogP) is 3.42. The van der Waals surface area contributed by atoms with Gasteiger partial charge in [0, 0.05) is 12.4 Å². The van der Waals surface area contributed by atoms with Crippen LogP contribution in [0.1, 0.15) is 31.0 Å². The number of hydrogen-bond donors (Lipinski definition) is 1. The van der Waals surface area contributed by atoms with Gasteiger partial charge in [-0.25, -0.2) is 4.39 Å². The first kappa shape index (κ1) is 15.7. The molecule has 1 aromatic carbocycles. The van der Waals surface area contributed by atoms with Gasteiger partial charge in [0.25, 0.3) is 0 Å². The van der Waals surface area contributed by atoms with E-state index in [1.54, 1.807) is 24.5 Å². The number of rotatable bonds is 3. The fourth-order valence-corrected chi connectivity index (χ4v) is 3.49. The summed E-state index contributed by atoms with van der Waals surface area (Å²) in [7, 11) is 0. The number of amidine groups is 1. The van der Waals surface area contributed by atoms with Crippen LogP contribution in [-0.2, 0) is 9.54 Å². The maximum atomic E-state index is 13.0. The second-order valence-corrected chi connectivity index (χ2v) is 6.90. The van der Waals surface area contributed by atoms with E-state index in [4.69, 9.17) is 0 Å². The van der Waals surface area contributed by atoms with Gasteiger partial charge in [0.15, 0.2) is 5.17 Å². The standard InChI is InChI=1S/C17H16FN3OS/c1-11(12-5-7-14(18)8-6-12)20-16-21-15(22)17(2,23-16)13-4-3-9-19-10-13/h3-11H,1-2H3,(H,20,21,22)/t11-,17-/m1/s1. The topological polar surface area (TPSA) is 54.4 Å². The van der Waals surface area contributed by atoms with Gasteiger partial charge in [0.1, 0.15) is 10.6 Å². The second-order valence-electron chi connectivity index (χ2n) is 5.49. The zero-order valence-electron chi connectivity index (χ0n) is 12.8. The van der Waals surface area contributed by atoms with Crippen molar-refractivity contribution in [3.63, 3.8) is 0 Å². The van der Waals surface area contributed by atoms with Gasteiger partial charge >= 0.3 is 0 Å². The molecule has 1 aromatic heterocycles. The van der Waals surface area contributed by atoms with E-state index < -0.39 is 4.75 Å². The summed E-state index contributed by atoms with van der Waals surface area (Å²) in [5, 5.41) is 3.39. The van der Waals surface area contributed by atoms with Gasteiger partial charge < -0.3 is 5.32 Å². The number of halogens is 1. The fraction of sp³-hybridized carbons (Fsp3) is 0.235. The largest absolute Gasteiger partial charge is 0.304 e. The molecule has 0 aliphatic carbocycles. The molecule has 1 fully saturated rings. The van der Waals surface area contributed by atoms with Crippen LogP contribution in [0.25, 0.3) is 0 Å². The highest BCUT2D eigenvalue weighted by Gasteiger charge is 2.44. The highest BCUT2D eigenvalue weighted by molar-refractivity contribution is 8.15. The zero-order chi connectivity index (χ0) is 16.4. The molecule has 2 aromatic rings. The van der Waals surface area contributed by atoms with Crippen molar-refractivity contribution in [3.05, 3.63) is 65.7 Å². The van der Waals surface area contributed by atoms with E-state index in [9.17, 15) is 9.18 Å². The predicted molar refractivity (Wildman–Crippen MR) is 89.6 cm³/mol. The molecule has 0 bridgehead atoms. The van der Waals surface area contributed by atoms with Crippen molar-refractivity contribution in [3.8, 4) is 0 Å². The Balaban J connectivity index is 1.83. The highest BCUT2D eigenvalue weighted by Crippen LogP contribution is 2.41. The Morgan fingerprint density at radius 1 is 1.30 bits per heavy atom. The van der Waals surface area contributed by atoms with Crippen LogP contribution in [0, 0.1) is 5.82 Å². The van der Waals surface area contributed by atoms with Gasteiger partial charge in [-0.2, -0.15) is 0 Å². The SMILES string of the molecule is C[C@@H](N=C1NC(=O)[C@@](C)(c2cccnc2)S1)c1ccc(F)cc1. The molecule has 2 heterocycles. The van der Waals surface area contributed by atoms with E-state index >= 15 is 0 Å². The number of pyridine rings is 1. The molecular formula is C17H16FN3OS. The molecule has 6 heteroatoms. The molecule has 23 heavy (non-hydrogen) atoms. The third-order valence-corrected chi connectivity index (χ3v) is 5.06. The molecule has 3 rings (SSSR count). The zero-order valence-corrected chi connectivity index (χ0v) is 13.6. The smallest absolute Gasteiger partial charge is 0.246 e. The van der Waals surface area contributed by atoms with Crippen molar-refractivity contribution in [1.82, 2.24) is 10.3 Å². The summed E-state index contributed by atoms with van der Waals surface area (Å²) in [6.07, 6.45) is 3.37. The van der Waals surface area contributed by atoms with Crippen LogP contribution < -0.4 is 5.32 Å². The van der Waals surface area contributed by atoms with E-state index in [0.717, 1.165) is 11.1 Å². The summed E-state index contributed by atoms with van der Waals surface area (Å²) in [5.74, 6) is -0.387. The molecule has 0 saturated carbocycles. The molecule has 0 unspecified atom stereocenters. The average Bonchev–Trinajstić information content (AvgIpc) is 2.84. The Kier molecular flexibility index (Phi) is 4.17. The number of nitrogens with one attached hydrogen (secondary N) is 1. The Bertz CT molecular complexity index is 748. The molecule has 1 amide bonds. The summed E-state index contributed by atoms with van der Waals surface area (Å²) in [6, 6.07) is 9.74. The summed E-state index contributed by atoms with van der Waals surface area (Å²) >= 11 is 1.38. The first-order chi connectivity index (χ1) is 11.0. The van der Waals surface area contributed by atoms with Gasteiger partial charge in [0.2, 0.25) is 5.91 Å². The van der Waals surface area contributed by atoms with Crippen LogP contribution in [0.4, 0.5) is 4.39 Å². The van der Waals surface area contributed by atoms with E-state index in [1.807, 2.05) is 26.0 Å². The first-order valence-corrected chi connectivity index (χ1v) is 8.05. The number of aromatic nitrogens is 1.